The molecular weight excluding hydrogens is 279 g/mol. The predicted molar refractivity (Wildman–Crippen MR) is 63.7 cm³/mol. The second-order valence-electron chi connectivity index (χ2n) is 2.77. The molecule has 0 radical (unpaired) electrons. The topological polar surface area (TPSA) is 37.3 Å². The second kappa shape index (κ2) is 5.79. The van der Waals surface area contributed by atoms with Crippen LogP contribution in [0.3, 0.4) is 0 Å². The number of benzene rings is 1. The lowest BCUT2D eigenvalue weighted by atomic mass is 10.1. The van der Waals surface area contributed by atoms with Gasteiger partial charge in [-0.15, -0.1) is 0 Å². The van der Waals surface area contributed by atoms with Gasteiger partial charge in [-0.1, -0.05) is 39.4 Å². The Kier molecular flexibility index (Phi) is 4.67. The van der Waals surface area contributed by atoms with Gasteiger partial charge in [0.1, 0.15) is 0 Å². The number of carbonyl (C=O) groups is 1. The van der Waals surface area contributed by atoms with Crippen molar-refractivity contribution < 1.29 is 9.90 Å². The summed E-state index contributed by atoms with van der Waals surface area (Å²) < 4.78 is 0. The van der Waals surface area contributed by atoms with E-state index in [1.54, 1.807) is 6.07 Å². The first-order chi connectivity index (χ1) is 7.13. The van der Waals surface area contributed by atoms with Gasteiger partial charge in [0.2, 0.25) is 0 Å². The fraction of sp³-hybridized carbons (Fsp3) is 0.182. The fourth-order valence-electron chi connectivity index (χ4n) is 0.997. The number of alkyl halides is 1. The van der Waals surface area contributed by atoms with Crippen molar-refractivity contribution in [3.8, 4) is 11.8 Å². The molecule has 2 nitrogen and oxygen atoms in total. The Balaban J connectivity index is 3.00. The first kappa shape index (κ1) is 12.1. The van der Waals surface area contributed by atoms with Gasteiger partial charge in [0.25, 0.3) is 0 Å². The van der Waals surface area contributed by atoms with Crippen LogP contribution in [0.1, 0.15) is 22.3 Å². The minimum atomic E-state index is -0.999. The molecule has 0 atom stereocenters. The average Bonchev–Trinajstić information content (AvgIpc) is 2.17. The summed E-state index contributed by atoms with van der Waals surface area (Å²) in [6, 6.07) is 4.56. The van der Waals surface area contributed by atoms with Crippen LogP contribution in [0.25, 0.3) is 0 Å². The lowest BCUT2D eigenvalue weighted by Gasteiger charge is -1.97. The van der Waals surface area contributed by atoms with Crippen molar-refractivity contribution in [2.24, 2.45) is 0 Å². The van der Waals surface area contributed by atoms with Gasteiger partial charge in [-0.2, -0.15) is 0 Å². The number of aromatic carboxylic acids is 1. The highest BCUT2D eigenvalue weighted by Gasteiger charge is 2.04. The van der Waals surface area contributed by atoms with Gasteiger partial charge in [-0.05, 0) is 18.2 Å². The molecule has 0 aliphatic carbocycles. The molecule has 1 aromatic rings. The van der Waals surface area contributed by atoms with Crippen LogP contribution in [-0.4, -0.2) is 16.4 Å². The Morgan fingerprint density at radius 3 is 2.80 bits per heavy atom. The monoisotopic (exact) mass is 286 g/mol. The van der Waals surface area contributed by atoms with Crippen LogP contribution >= 0.6 is 27.5 Å². The Morgan fingerprint density at radius 2 is 2.20 bits per heavy atom. The summed E-state index contributed by atoms with van der Waals surface area (Å²) in [5.41, 5.74) is 0.784. The highest BCUT2D eigenvalue weighted by atomic mass is 79.9. The summed E-state index contributed by atoms with van der Waals surface area (Å²) in [6.07, 6.45) is 0.717. The molecule has 0 heterocycles. The summed E-state index contributed by atoms with van der Waals surface area (Å²) in [4.78, 5) is 10.7. The van der Waals surface area contributed by atoms with Crippen LogP contribution in [0.4, 0.5) is 0 Å². The molecular formula is C11H8BrClO2. The highest BCUT2D eigenvalue weighted by Crippen LogP contribution is 2.14. The number of hydrogen-bond acceptors (Lipinski definition) is 1. The molecule has 0 fully saturated rings. The molecule has 0 aliphatic rings. The molecule has 0 unspecified atom stereocenters. The van der Waals surface area contributed by atoms with Gasteiger partial charge in [0.05, 0.1) is 5.56 Å². The van der Waals surface area contributed by atoms with E-state index < -0.39 is 5.97 Å². The largest absolute Gasteiger partial charge is 0.478 e. The number of hydrogen-bond donors (Lipinski definition) is 1. The van der Waals surface area contributed by atoms with E-state index in [2.05, 4.69) is 27.8 Å². The van der Waals surface area contributed by atoms with E-state index in [0.717, 1.165) is 11.8 Å². The van der Waals surface area contributed by atoms with Gasteiger partial charge in [0.15, 0.2) is 0 Å². The average molecular weight is 288 g/mol. The van der Waals surface area contributed by atoms with Crippen molar-refractivity contribution >= 4 is 33.5 Å². The minimum Gasteiger partial charge on any atom is -0.478 e. The Bertz CT molecular complexity index is 432. The molecule has 0 aliphatic heterocycles. The lowest BCUT2D eigenvalue weighted by molar-refractivity contribution is 0.0697. The van der Waals surface area contributed by atoms with Crippen LogP contribution in [0.5, 0.6) is 0 Å². The number of carboxylic acid groups (broad SMARTS) is 1. The molecule has 1 aromatic carbocycles. The van der Waals surface area contributed by atoms with E-state index in [9.17, 15) is 4.79 Å². The molecule has 1 N–H and O–H groups in total. The number of carboxylic acids is 1. The molecule has 0 saturated carbocycles. The van der Waals surface area contributed by atoms with E-state index in [1.165, 1.54) is 12.1 Å². The normalized spacial score (nSPS) is 9.20. The molecule has 4 heteroatoms. The summed E-state index contributed by atoms with van der Waals surface area (Å²) in [5.74, 6) is 4.75. The number of halogens is 2. The molecule has 0 aromatic heterocycles. The van der Waals surface area contributed by atoms with Crippen LogP contribution in [-0.2, 0) is 0 Å². The van der Waals surface area contributed by atoms with Crippen molar-refractivity contribution in [3.05, 3.63) is 34.3 Å². The van der Waals surface area contributed by atoms with Gasteiger partial charge < -0.3 is 5.11 Å². The Labute approximate surface area is 101 Å². The number of rotatable bonds is 2. The SMILES string of the molecule is O=C(O)c1cc(Cl)cc(C#CCCBr)c1. The van der Waals surface area contributed by atoms with Crippen molar-refractivity contribution in [3.63, 3.8) is 0 Å². The molecule has 0 amide bonds. The zero-order valence-corrected chi connectivity index (χ0v) is 10.1. The predicted octanol–water partition coefficient (Wildman–Crippen LogP) is 3.17. The van der Waals surface area contributed by atoms with E-state index in [0.29, 0.717) is 10.6 Å². The summed E-state index contributed by atoms with van der Waals surface area (Å²) in [5, 5.41) is 9.98. The molecule has 0 saturated heterocycles. The van der Waals surface area contributed by atoms with Crippen LogP contribution in [0.15, 0.2) is 18.2 Å². The van der Waals surface area contributed by atoms with E-state index in [-0.39, 0.29) is 5.56 Å². The zero-order chi connectivity index (χ0) is 11.3. The summed E-state index contributed by atoms with van der Waals surface area (Å²) >= 11 is 9.02. The van der Waals surface area contributed by atoms with Crippen molar-refractivity contribution in [2.75, 3.05) is 5.33 Å². The van der Waals surface area contributed by atoms with E-state index in [4.69, 9.17) is 16.7 Å². The van der Waals surface area contributed by atoms with E-state index in [1.807, 2.05) is 0 Å². The summed E-state index contributed by atoms with van der Waals surface area (Å²) in [6.45, 7) is 0. The third-order valence-corrected chi connectivity index (χ3v) is 2.21. The maximum absolute atomic E-state index is 10.7. The van der Waals surface area contributed by atoms with Crippen molar-refractivity contribution in [1.29, 1.82) is 0 Å². The molecule has 78 valence electrons. The van der Waals surface area contributed by atoms with Gasteiger partial charge in [-0.25, -0.2) is 4.79 Å². The Morgan fingerprint density at radius 1 is 1.47 bits per heavy atom. The third kappa shape index (κ3) is 3.94. The third-order valence-electron chi connectivity index (χ3n) is 1.60. The first-order valence-electron chi connectivity index (χ1n) is 4.22. The molecule has 15 heavy (non-hydrogen) atoms. The fourth-order valence-corrected chi connectivity index (χ4v) is 1.43. The van der Waals surface area contributed by atoms with Gasteiger partial charge in [0, 0.05) is 22.3 Å². The summed E-state index contributed by atoms with van der Waals surface area (Å²) in [7, 11) is 0. The van der Waals surface area contributed by atoms with Crippen molar-refractivity contribution in [1.82, 2.24) is 0 Å². The molecule has 0 bridgehead atoms. The van der Waals surface area contributed by atoms with Crippen molar-refractivity contribution in [2.45, 2.75) is 6.42 Å². The standard InChI is InChI=1S/C11H8BrClO2/c12-4-2-1-3-8-5-9(11(14)15)7-10(13)6-8/h5-7H,2,4H2,(H,14,15). The van der Waals surface area contributed by atoms with Crippen LogP contribution in [0, 0.1) is 11.8 Å². The second-order valence-corrected chi connectivity index (χ2v) is 4.00. The van der Waals surface area contributed by atoms with Crippen LogP contribution in [0.2, 0.25) is 5.02 Å². The molecule has 0 spiro atoms. The van der Waals surface area contributed by atoms with Gasteiger partial charge >= 0.3 is 5.97 Å². The highest BCUT2D eigenvalue weighted by molar-refractivity contribution is 9.09. The zero-order valence-electron chi connectivity index (χ0n) is 7.76. The first-order valence-corrected chi connectivity index (χ1v) is 5.72. The smallest absolute Gasteiger partial charge is 0.335 e. The van der Waals surface area contributed by atoms with E-state index >= 15 is 0 Å². The van der Waals surface area contributed by atoms with Crippen LogP contribution < -0.4 is 0 Å². The maximum Gasteiger partial charge on any atom is 0.335 e. The maximum atomic E-state index is 10.7. The Hall–Kier alpha value is -0.980. The quantitative estimate of drug-likeness (QED) is 0.670. The minimum absolute atomic E-state index is 0.158. The van der Waals surface area contributed by atoms with Gasteiger partial charge in [-0.3, -0.25) is 0 Å². The lowest BCUT2D eigenvalue weighted by Crippen LogP contribution is -1.96. The molecule has 1 rings (SSSR count).